The molecule has 6 heteroatoms. The lowest BCUT2D eigenvalue weighted by Crippen LogP contribution is -2.60. The Hall–Kier alpha value is -1.56. The number of aliphatic hydroxyl groups is 1. The van der Waals surface area contributed by atoms with E-state index in [1.807, 2.05) is 13.8 Å². The molecular weight excluding hydrogens is 387 g/mol. The van der Waals surface area contributed by atoms with E-state index in [0.717, 1.165) is 6.42 Å². The Bertz CT molecular complexity index is 820. The normalized spacial score (nSPS) is 47.6. The van der Waals surface area contributed by atoms with Crippen LogP contribution in [-0.4, -0.2) is 41.0 Å². The number of carbonyl (C=O) groups excluding carboxylic acids is 3. The molecule has 30 heavy (non-hydrogen) atoms. The van der Waals surface area contributed by atoms with Gasteiger partial charge in [-0.1, -0.05) is 20.8 Å². The van der Waals surface area contributed by atoms with Crippen LogP contribution >= 0.6 is 0 Å². The third-order valence-electron chi connectivity index (χ3n) is 9.35. The predicted molar refractivity (Wildman–Crippen MR) is 108 cm³/mol. The number of hydrogen-bond acceptors (Lipinski definition) is 5. The lowest BCUT2D eigenvalue weighted by molar-refractivity contribution is -0.175. The highest BCUT2D eigenvalue weighted by Gasteiger charge is 2.69. The van der Waals surface area contributed by atoms with E-state index in [2.05, 4.69) is 6.92 Å². The van der Waals surface area contributed by atoms with Gasteiger partial charge in [-0.15, -0.1) is 0 Å². The number of alkyl halides is 1. The van der Waals surface area contributed by atoms with E-state index in [4.69, 9.17) is 4.74 Å². The summed E-state index contributed by atoms with van der Waals surface area (Å²) in [6.45, 7) is 6.77. The molecule has 166 valence electrons. The zero-order chi connectivity index (χ0) is 22.1. The van der Waals surface area contributed by atoms with Crippen LogP contribution in [0.3, 0.4) is 0 Å². The highest BCUT2D eigenvalue weighted by atomic mass is 19.1. The molecule has 0 aromatic rings. The van der Waals surface area contributed by atoms with Crippen LogP contribution in [0.15, 0.2) is 11.6 Å². The quantitative estimate of drug-likeness (QED) is 0.706. The standard InChI is InChI=1S/C24H33FO5/c1-13-9-18-16-11-20(25)19-10-15(27)5-7-22(19,3)17(16)6-8-23(18,4)24(13,29)21(28)12-30-14(2)26/h10,13,16-18,20,29H,5-9,11-12H2,1-4H3. The van der Waals surface area contributed by atoms with Gasteiger partial charge in [0.15, 0.2) is 12.4 Å². The summed E-state index contributed by atoms with van der Waals surface area (Å²) >= 11 is 0. The molecule has 4 aliphatic rings. The SMILES string of the molecule is CC(=O)OCC(=O)C1(O)C(C)CC2C3CC(F)C4=CC(=O)CCC4(C)C3CCC21C. The van der Waals surface area contributed by atoms with Crippen LogP contribution in [0, 0.1) is 34.5 Å². The third kappa shape index (κ3) is 2.78. The van der Waals surface area contributed by atoms with Crippen molar-refractivity contribution < 1.29 is 28.6 Å². The Labute approximate surface area is 177 Å². The summed E-state index contributed by atoms with van der Waals surface area (Å²) in [5.74, 6) is -0.931. The summed E-state index contributed by atoms with van der Waals surface area (Å²) in [6.07, 6.45) is 3.99. The number of carbonyl (C=O) groups is 3. The van der Waals surface area contributed by atoms with E-state index in [-0.39, 0.29) is 34.9 Å². The van der Waals surface area contributed by atoms with E-state index < -0.39 is 35.5 Å². The largest absolute Gasteiger partial charge is 0.458 e. The van der Waals surface area contributed by atoms with Crippen molar-refractivity contribution in [3.05, 3.63) is 11.6 Å². The van der Waals surface area contributed by atoms with Gasteiger partial charge in [-0.05, 0) is 72.8 Å². The highest BCUT2D eigenvalue weighted by Crippen LogP contribution is 2.69. The molecule has 0 aromatic heterocycles. The maximum Gasteiger partial charge on any atom is 0.303 e. The van der Waals surface area contributed by atoms with Crippen molar-refractivity contribution >= 4 is 17.5 Å². The van der Waals surface area contributed by atoms with Crippen LogP contribution in [-0.2, 0) is 19.1 Å². The predicted octanol–water partition coefficient (Wildman–Crippen LogP) is 3.58. The zero-order valence-electron chi connectivity index (χ0n) is 18.4. The number of esters is 1. The topological polar surface area (TPSA) is 80.7 Å². The molecule has 4 aliphatic carbocycles. The molecule has 0 saturated heterocycles. The molecule has 1 N–H and O–H groups in total. The number of allylic oxidation sites excluding steroid dienone is 1. The van der Waals surface area contributed by atoms with Crippen LogP contribution in [0.25, 0.3) is 0 Å². The van der Waals surface area contributed by atoms with Gasteiger partial charge in [-0.2, -0.15) is 0 Å². The molecule has 3 saturated carbocycles. The molecule has 8 atom stereocenters. The first kappa shape index (κ1) is 21.7. The Morgan fingerprint density at radius 3 is 2.60 bits per heavy atom. The van der Waals surface area contributed by atoms with Gasteiger partial charge >= 0.3 is 5.97 Å². The maximum atomic E-state index is 15.3. The Kier molecular flexibility index (Phi) is 5.04. The van der Waals surface area contributed by atoms with Crippen molar-refractivity contribution in [2.24, 2.45) is 34.5 Å². The fraction of sp³-hybridized carbons (Fsp3) is 0.792. The number of ketones is 2. The molecule has 3 fully saturated rings. The molecule has 4 rings (SSSR count). The van der Waals surface area contributed by atoms with Crippen molar-refractivity contribution in [3.63, 3.8) is 0 Å². The van der Waals surface area contributed by atoms with E-state index in [1.54, 1.807) is 6.08 Å². The average Bonchev–Trinajstić information content (AvgIpc) is 2.89. The molecule has 5 nitrogen and oxygen atoms in total. The van der Waals surface area contributed by atoms with Crippen LogP contribution in [0.1, 0.15) is 66.2 Å². The summed E-state index contributed by atoms with van der Waals surface area (Å²) < 4.78 is 20.3. The van der Waals surface area contributed by atoms with Gasteiger partial charge < -0.3 is 9.84 Å². The van der Waals surface area contributed by atoms with Gasteiger partial charge in [0.05, 0.1) is 0 Å². The molecule has 8 unspecified atom stereocenters. The monoisotopic (exact) mass is 420 g/mol. The number of halogens is 1. The first-order valence-corrected chi connectivity index (χ1v) is 11.2. The van der Waals surface area contributed by atoms with Crippen molar-refractivity contribution in [1.29, 1.82) is 0 Å². The number of rotatable bonds is 3. The second-order valence-electron chi connectivity index (χ2n) is 10.6. The highest BCUT2D eigenvalue weighted by molar-refractivity contribution is 5.92. The minimum atomic E-state index is -1.58. The first-order valence-electron chi connectivity index (χ1n) is 11.2. The van der Waals surface area contributed by atoms with Gasteiger partial charge in [-0.25, -0.2) is 4.39 Å². The average molecular weight is 421 g/mol. The van der Waals surface area contributed by atoms with Crippen LogP contribution < -0.4 is 0 Å². The van der Waals surface area contributed by atoms with Crippen LogP contribution in [0.2, 0.25) is 0 Å². The van der Waals surface area contributed by atoms with Gasteiger partial charge in [-0.3, -0.25) is 14.4 Å². The third-order valence-corrected chi connectivity index (χ3v) is 9.35. The molecule has 0 aromatic carbocycles. The molecule has 0 heterocycles. The van der Waals surface area contributed by atoms with E-state index in [1.165, 1.54) is 6.92 Å². The van der Waals surface area contributed by atoms with E-state index >= 15 is 4.39 Å². The summed E-state index contributed by atoms with van der Waals surface area (Å²) in [5.41, 5.74) is -1.92. The van der Waals surface area contributed by atoms with Crippen molar-refractivity contribution in [2.45, 2.75) is 78.0 Å². The second-order valence-corrected chi connectivity index (χ2v) is 10.6. The van der Waals surface area contributed by atoms with E-state index in [0.29, 0.717) is 37.7 Å². The Morgan fingerprint density at radius 1 is 1.23 bits per heavy atom. The summed E-state index contributed by atoms with van der Waals surface area (Å²) in [6, 6.07) is 0. The van der Waals surface area contributed by atoms with E-state index in [9.17, 15) is 19.5 Å². The Morgan fingerprint density at radius 2 is 1.93 bits per heavy atom. The summed E-state index contributed by atoms with van der Waals surface area (Å²) in [7, 11) is 0. The fourth-order valence-electron chi connectivity index (χ4n) is 7.77. The van der Waals surface area contributed by atoms with Crippen molar-refractivity contribution in [2.75, 3.05) is 6.61 Å². The number of ether oxygens (including phenoxy) is 1. The first-order chi connectivity index (χ1) is 13.9. The lowest BCUT2D eigenvalue weighted by Gasteiger charge is -2.59. The number of hydrogen-bond donors (Lipinski definition) is 1. The summed E-state index contributed by atoms with van der Waals surface area (Å²) in [5, 5.41) is 11.7. The second kappa shape index (κ2) is 6.98. The van der Waals surface area contributed by atoms with Gasteiger partial charge in [0, 0.05) is 18.8 Å². The molecule has 0 aliphatic heterocycles. The number of Topliss-reactive ketones (excluding diaryl/α,β-unsaturated/α-hetero) is 1. The van der Waals surface area contributed by atoms with Crippen molar-refractivity contribution in [1.82, 2.24) is 0 Å². The van der Waals surface area contributed by atoms with Gasteiger partial charge in [0.2, 0.25) is 5.78 Å². The molecule has 0 spiro atoms. The maximum absolute atomic E-state index is 15.3. The fourth-order valence-corrected chi connectivity index (χ4v) is 7.77. The minimum absolute atomic E-state index is 0.0177. The smallest absolute Gasteiger partial charge is 0.303 e. The van der Waals surface area contributed by atoms with Gasteiger partial charge in [0.1, 0.15) is 11.8 Å². The lowest BCUT2D eigenvalue weighted by atomic mass is 9.46. The van der Waals surface area contributed by atoms with Gasteiger partial charge in [0.25, 0.3) is 0 Å². The summed E-state index contributed by atoms with van der Waals surface area (Å²) in [4.78, 5) is 36.2. The van der Waals surface area contributed by atoms with Crippen LogP contribution in [0.5, 0.6) is 0 Å². The van der Waals surface area contributed by atoms with Crippen molar-refractivity contribution in [3.8, 4) is 0 Å². The molecule has 0 radical (unpaired) electrons. The zero-order valence-corrected chi connectivity index (χ0v) is 18.4. The molecular formula is C24H33FO5. The molecule has 0 amide bonds. The Balaban J connectivity index is 1.68. The molecule has 0 bridgehead atoms. The number of fused-ring (bicyclic) bond motifs is 5. The minimum Gasteiger partial charge on any atom is -0.458 e. The van der Waals surface area contributed by atoms with Crippen LogP contribution in [0.4, 0.5) is 4.39 Å².